The van der Waals surface area contributed by atoms with E-state index in [0.717, 1.165) is 27.8 Å². The van der Waals surface area contributed by atoms with Gasteiger partial charge in [0, 0.05) is 23.1 Å². The number of nitrogens with zero attached hydrogens (tertiary/aromatic N) is 5. The third kappa shape index (κ3) is 4.56. The molecular formula is C23H22ClN5O2S. The van der Waals surface area contributed by atoms with Crippen LogP contribution in [0.5, 0.6) is 5.88 Å². The molecule has 0 saturated carbocycles. The summed E-state index contributed by atoms with van der Waals surface area (Å²) in [6.45, 7) is 7.95. The van der Waals surface area contributed by atoms with Crippen molar-refractivity contribution >= 4 is 22.9 Å². The number of benzene rings is 1. The minimum absolute atomic E-state index is 0.0721. The third-order valence-electron chi connectivity index (χ3n) is 4.78. The van der Waals surface area contributed by atoms with Gasteiger partial charge < -0.3 is 4.74 Å². The summed E-state index contributed by atoms with van der Waals surface area (Å²) in [4.78, 5) is 30.8. The van der Waals surface area contributed by atoms with Crippen LogP contribution in [0.2, 0.25) is 5.02 Å². The molecule has 9 heteroatoms. The molecule has 0 aliphatic rings. The second-order valence-corrected chi connectivity index (χ2v) is 9.01. The van der Waals surface area contributed by atoms with Gasteiger partial charge in [-0.2, -0.15) is 4.98 Å². The molecule has 0 unspecified atom stereocenters. The SMILES string of the molecule is Cc1nc(COc2nc(C)n(-c3cccc(-c4ccnc(C(C)C)n4)c3)c(=O)c2Cl)cs1. The molecule has 0 atom stereocenters. The lowest BCUT2D eigenvalue weighted by molar-refractivity contribution is 0.287. The van der Waals surface area contributed by atoms with Gasteiger partial charge in [-0.25, -0.2) is 15.0 Å². The summed E-state index contributed by atoms with van der Waals surface area (Å²) in [5.41, 5.74) is 2.67. The molecule has 4 rings (SSSR count). The quantitative estimate of drug-likeness (QED) is 0.391. The Morgan fingerprint density at radius 2 is 1.97 bits per heavy atom. The van der Waals surface area contributed by atoms with E-state index < -0.39 is 5.56 Å². The maximum atomic E-state index is 13.1. The zero-order valence-corrected chi connectivity index (χ0v) is 19.7. The molecule has 3 aromatic heterocycles. The Bertz CT molecular complexity index is 1330. The van der Waals surface area contributed by atoms with Crippen LogP contribution < -0.4 is 10.3 Å². The Balaban J connectivity index is 1.68. The van der Waals surface area contributed by atoms with Crippen LogP contribution in [-0.2, 0) is 6.61 Å². The highest BCUT2D eigenvalue weighted by molar-refractivity contribution is 7.09. The molecule has 3 heterocycles. The minimum atomic E-state index is -0.397. The summed E-state index contributed by atoms with van der Waals surface area (Å²) in [7, 11) is 0. The first-order valence-corrected chi connectivity index (χ1v) is 11.4. The summed E-state index contributed by atoms with van der Waals surface area (Å²) < 4.78 is 7.16. The Morgan fingerprint density at radius 3 is 2.69 bits per heavy atom. The second kappa shape index (κ2) is 9.18. The van der Waals surface area contributed by atoms with E-state index in [-0.39, 0.29) is 23.4 Å². The highest BCUT2D eigenvalue weighted by Crippen LogP contribution is 2.24. The molecule has 0 aliphatic carbocycles. The molecule has 0 amide bonds. The summed E-state index contributed by atoms with van der Waals surface area (Å²) in [5, 5.41) is 2.77. The normalized spacial score (nSPS) is 11.2. The first-order chi connectivity index (χ1) is 15.3. The lowest BCUT2D eigenvalue weighted by Gasteiger charge is -2.14. The van der Waals surface area contributed by atoms with Gasteiger partial charge in [0.15, 0.2) is 5.02 Å². The lowest BCUT2D eigenvalue weighted by atomic mass is 10.1. The molecule has 4 aromatic rings. The molecule has 0 saturated heterocycles. The monoisotopic (exact) mass is 467 g/mol. The van der Waals surface area contributed by atoms with E-state index in [9.17, 15) is 4.79 Å². The topological polar surface area (TPSA) is 82.8 Å². The van der Waals surface area contributed by atoms with Crippen molar-refractivity contribution in [3.63, 3.8) is 0 Å². The Morgan fingerprint density at radius 1 is 1.16 bits per heavy atom. The van der Waals surface area contributed by atoms with Gasteiger partial charge in [-0.3, -0.25) is 9.36 Å². The maximum absolute atomic E-state index is 13.1. The van der Waals surface area contributed by atoms with Crippen molar-refractivity contribution in [3.05, 3.63) is 79.6 Å². The fourth-order valence-corrected chi connectivity index (χ4v) is 3.99. The van der Waals surface area contributed by atoms with Gasteiger partial charge in [0.1, 0.15) is 18.3 Å². The number of thiazole rings is 1. The second-order valence-electron chi connectivity index (χ2n) is 7.57. The van der Waals surface area contributed by atoms with Gasteiger partial charge >= 0.3 is 0 Å². The number of hydrogen-bond donors (Lipinski definition) is 0. The molecule has 164 valence electrons. The van der Waals surface area contributed by atoms with E-state index >= 15 is 0 Å². The minimum Gasteiger partial charge on any atom is -0.470 e. The number of hydrogen-bond acceptors (Lipinski definition) is 7. The number of aryl methyl sites for hydroxylation is 2. The Hall–Kier alpha value is -3.10. The number of ether oxygens (including phenoxy) is 1. The van der Waals surface area contributed by atoms with Gasteiger partial charge in [0.2, 0.25) is 5.88 Å². The lowest BCUT2D eigenvalue weighted by Crippen LogP contribution is -2.23. The van der Waals surface area contributed by atoms with Gasteiger partial charge in [-0.1, -0.05) is 37.6 Å². The molecule has 0 fully saturated rings. The standard InChI is InChI=1S/C23H22ClN5O2S/c1-13(2)21-25-9-8-19(28-21)16-6-5-7-18(10-16)29-14(3)26-22(20(24)23(29)30)31-11-17-12-32-15(4)27-17/h5-10,12-13H,11H2,1-4H3. The molecule has 7 nitrogen and oxygen atoms in total. The molecule has 0 N–H and O–H groups in total. The smallest absolute Gasteiger partial charge is 0.280 e. The summed E-state index contributed by atoms with van der Waals surface area (Å²) in [5.74, 6) is 1.55. The average Bonchev–Trinajstić information content (AvgIpc) is 3.20. The molecule has 0 radical (unpaired) electrons. The predicted molar refractivity (Wildman–Crippen MR) is 126 cm³/mol. The highest BCUT2D eigenvalue weighted by Gasteiger charge is 2.17. The van der Waals surface area contributed by atoms with E-state index in [4.69, 9.17) is 16.3 Å². The highest BCUT2D eigenvalue weighted by atomic mass is 35.5. The molecule has 0 spiro atoms. The fraction of sp³-hybridized carbons (Fsp3) is 0.261. The summed E-state index contributed by atoms with van der Waals surface area (Å²) in [6, 6.07) is 9.38. The van der Waals surface area contributed by atoms with Gasteiger partial charge in [-0.05, 0) is 32.0 Å². The molecule has 32 heavy (non-hydrogen) atoms. The third-order valence-corrected chi connectivity index (χ3v) is 5.93. The van der Waals surface area contributed by atoms with Crippen molar-refractivity contribution in [2.45, 2.75) is 40.2 Å². The van der Waals surface area contributed by atoms with Crippen molar-refractivity contribution in [3.8, 4) is 22.8 Å². The Labute approximate surface area is 194 Å². The van der Waals surface area contributed by atoms with Gasteiger partial charge in [0.05, 0.1) is 22.1 Å². The molecule has 1 aromatic carbocycles. The van der Waals surface area contributed by atoms with E-state index in [0.29, 0.717) is 11.5 Å². The van der Waals surface area contributed by atoms with Crippen LogP contribution in [0.4, 0.5) is 0 Å². The largest absolute Gasteiger partial charge is 0.470 e. The fourth-order valence-electron chi connectivity index (χ4n) is 3.22. The molecular weight excluding hydrogens is 446 g/mol. The van der Waals surface area contributed by atoms with Crippen LogP contribution in [0.1, 0.15) is 42.1 Å². The van der Waals surface area contributed by atoms with Gasteiger partial charge in [-0.15, -0.1) is 11.3 Å². The van der Waals surface area contributed by atoms with Crippen molar-refractivity contribution in [1.29, 1.82) is 0 Å². The van der Waals surface area contributed by atoms with Gasteiger partial charge in [0.25, 0.3) is 5.56 Å². The predicted octanol–water partition coefficient (Wildman–Crippen LogP) is 5.12. The van der Waals surface area contributed by atoms with Crippen LogP contribution in [0, 0.1) is 13.8 Å². The van der Waals surface area contributed by atoms with Crippen LogP contribution in [0.3, 0.4) is 0 Å². The van der Waals surface area contributed by atoms with Crippen LogP contribution in [0.25, 0.3) is 16.9 Å². The van der Waals surface area contributed by atoms with Crippen molar-refractivity contribution in [2.24, 2.45) is 0 Å². The zero-order chi connectivity index (χ0) is 22.8. The van der Waals surface area contributed by atoms with E-state index in [2.05, 4.69) is 19.9 Å². The number of aromatic nitrogens is 5. The van der Waals surface area contributed by atoms with Crippen LogP contribution >= 0.6 is 22.9 Å². The molecule has 0 bridgehead atoms. The first kappa shape index (κ1) is 22.1. The summed E-state index contributed by atoms with van der Waals surface area (Å²) in [6.07, 6.45) is 1.75. The zero-order valence-electron chi connectivity index (χ0n) is 18.2. The van der Waals surface area contributed by atoms with E-state index in [1.807, 2.05) is 56.5 Å². The first-order valence-electron chi connectivity index (χ1n) is 10.1. The number of rotatable bonds is 6. The van der Waals surface area contributed by atoms with Crippen molar-refractivity contribution in [1.82, 2.24) is 24.5 Å². The van der Waals surface area contributed by atoms with Crippen LogP contribution in [0.15, 0.2) is 46.7 Å². The molecule has 0 aliphatic heterocycles. The average molecular weight is 468 g/mol. The van der Waals surface area contributed by atoms with Crippen LogP contribution in [-0.4, -0.2) is 24.5 Å². The maximum Gasteiger partial charge on any atom is 0.280 e. The van der Waals surface area contributed by atoms with Crippen molar-refractivity contribution in [2.75, 3.05) is 0 Å². The number of halogens is 1. The van der Waals surface area contributed by atoms with Crippen molar-refractivity contribution < 1.29 is 4.74 Å². The van der Waals surface area contributed by atoms with E-state index in [1.165, 1.54) is 15.9 Å². The summed E-state index contributed by atoms with van der Waals surface area (Å²) >= 11 is 7.88. The van der Waals surface area contributed by atoms with E-state index in [1.54, 1.807) is 13.1 Å². The Kier molecular flexibility index (Phi) is 6.34.